The largest absolute Gasteiger partial charge is 0.369 e. The van der Waals surface area contributed by atoms with Crippen molar-refractivity contribution in [3.63, 3.8) is 0 Å². The van der Waals surface area contributed by atoms with Gasteiger partial charge in [-0.25, -0.2) is 0 Å². The molecule has 0 radical (unpaired) electrons. The number of hydrogen-bond acceptors (Lipinski definition) is 4. The molecule has 1 saturated carbocycles. The van der Waals surface area contributed by atoms with Crippen molar-refractivity contribution in [1.82, 2.24) is 5.32 Å². The van der Waals surface area contributed by atoms with E-state index in [0.29, 0.717) is 6.04 Å². The molecule has 0 aromatic heterocycles. The summed E-state index contributed by atoms with van der Waals surface area (Å²) in [7, 11) is 0. The number of hydrogen-bond donors (Lipinski definition) is 1. The highest BCUT2D eigenvalue weighted by Crippen LogP contribution is 2.33. The van der Waals surface area contributed by atoms with Crippen molar-refractivity contribution < 1.29 is 4.92 Å². The van der Waals surface area contributed by atoms with E-state index in [1.807, 2.05) is 6.92 Å². The van der Waals surface area contributed by atoms with Gasteiger partial charge in [-0.05, 0) is 56.7 Å². The van der Waals surface area contributed by atoms with E-state index in [1.54, 1.807) is 12.1 Å². The van der Waals surface area contributed by atoms with Gasteiger partial charge in [0.25, 0.3) is 5.69 Å². The van der Waals surface area contributed by atoms with Gasteiger partial charge in [-0.1, -0.05) is 0 Å². The molecule has 2 fully saturated rings. The number of nitrogens with one attached hydrogen (secondary N) is 1. The van der Waals surface area contributed by atoms with Crippen LogP contribution in [-0.2, 0) is 0 Å². The second-order valence-electron chi connectivity index (χ2n) is 6.43. The summed E-state index contributed by atoms with van der Waals surface area (Å²) in [5.74, 6) is 0.769. The molecule has 0 bridgehead atoms. The standard InChI is InChI=1S/C16H23N3O2/c1-12-7-15(9-16(8-12)19(20)21)18(10-13-4-5-13)11-14-3-2-6-17-14/h7-9,13-14,17H,2-6,10-11H2,1H3. The molecule has 5 heteroatoms. The van der Waals surface area contributed by atoms with E-state index in [0.717, 1.165) is 36.8 Å². The van der Waals surface area contributed by atoms with E-state index >= 15 is 0 Å². The highest BCUT2D eigenvalue weighted by Gasteiger charge is 2.27. The summed E-state index contributed by atoms with van der Waals surface area (Å²) in [5, 5.41) is 14.6. The van der Waals surface area contributed by atoms with Crippen LogP contribution in [0, 0.1) is 23.0 Å². The number of nitro groups is 1. The molecule has 1 aliphatic heterocycles. The van der Waals surface area contributed by atoms with Crippen molar-refractivity contribution in [1.29, 1.82) is 0 Å². The minimum atomic E-state index is -0.292. The summed E-state index contributed by atoms with van der Waals surface area (Å²) in [6.45, 7) is 5.01. The molecule has 1 atom stereocenters. The molecule has 3 rings (SSSR count). The van der Waals surface area contributed by atoms with Crippen molar-refractivity contribution in [2.45, 2.75) is 38.6 Å². The van der Waals surface area contributed by atoms with Crippen LogP contribution in [0.5, 0.6) is 0 Å². The van der Waals surface area contributed by atoms with Gasteiger partial charge >= 0.3 is 0 Å². The van der Waals surface area contributed by atoms with Crippen molar-refractivity contribution in [2.24, 2.45) is 5.92 Å². The number of non-ortho nitro benzene ring substituents is 1. The lowest BCUT2D eigenvalue weighted by Crippen LogP contribution is -2.38. The Labute approximate surface area is 125 Å². The highest BCUT2D eigenvalue weighted by molar-refractivity contribution is 5.56. The Balaban J connectivity index is 1.81. The number of nitrogens with zero attached hydrogens (tertiary/aromatic N) is 2. The van der Waals surface area contributed by atoms with E-state index in [4.69, 9.17) is 0 Å². The molecule has 1 aromatic carbocycles. The fourth-order valence-corrected chi connectivity index (χ4v) is 3.11. The van der Waals surface area contributed by atoms with E-state index in [1.165, 1.54) is 25.7 Å². The molecule has 1 heterocycles. The predicted octanol–water partition coefficient (Wildman–Crippen LogP) is 2.87. The van der Waals surface area contributed by atoms with E-state index in [2.05, 4.69) is 16.3 Å². The zero-order valence-electron chi connectivity index (χ0n) is 12.5. The number of aryl methyl sites for hydroxylation is 1. The summed E-state index contributed by atoms with van der Waals surface area (Å²) in [4.78, 5) is 13.1. The molecule has 114 valence electrons. The molecule has 1 N–H and O–H groups in total. The van der Waals surface area contributed by atoms with Crippen LogP contribution in [0.2, 0.25) is 0 Å². The summed E-state index contributed by atoms with van der Waals surface area (Å²) in [6.07, 6.45) is 5.02. The van der Waals surface area contributed by atoms with Crippen LogP contribution in [-0.4, -0.2) is 30.6 Å². The first-order valence-corrected chi connectivity index (χ1v) is 7.86. The Morgan fingerprint density at radius 3 is 2.71 bits per heavy atom. The average Bonchev–Trinajstić information content (AvgIpc) is 3.11. The third-order valence-electron chi connectivity index (χ3n) is 4.40. The van der Waals surface area contributed by atoms with Crippen LogP contribution in [0.3, 0.4) is 0 Å². The predicted molar refractivity (Wildman–Crippen MR) is 83.8 cm³/mol. The summed E-state index contributed by atoms with van der Waals surface area (Å²) in [6, 6.07) is 5.96. The maximum Gasteiger partial charge on any atom is 0.271 e. The third-order valence-corrected chi connectivity index (χ3v) is 4.40. The Morgan fingerprint density at radius 2 is 2.10 bits per heavy atom. The van der Waals surface area contributed by atoms with Gasteiger partial charge in [-0.2, -0.15) is 0 Å². The molecule has 21 heavy (non-hydrogen) atoms. The Morgan fingerprint density at radius 1 is 1.29 bits per heavy atom. The quantitative estimate of drug-likeness (QED) is 0.646. The second kappa shape index (κ2) is 6.02. The Bertz CT molecular complexity index is 522. The molecule has 1 aliphatic carbocycles. The van der Waals surface area contributed by atoms with Crippen LogP contribution >= 0.6 is 0 Å². The minimum absolute atomic E-state index is 0.199. The maximum atomic E-state index is 11.1. The topological polar surface area (TPSA) is 58.4 Å². The van der Waals surface area contributed by atoms with Gasteiger partial charge in [-0.15, -0.1) is 0 Å². The van der Waals surface area contributed by atoms with Crippen molar-refractivity contribution in [3.8, 4) is 0 Å². The van der Waals surface area contributed by atoms with Gasteiger partial charge in [0.05, 0.1) is 4.92 Å². The lowest BCUT2D eigenvalue weighted by Gasteiger charge is -2.28. The van der Waals surface area contributed by atoms with Crippen molar-refractivity contribution in [2.75, 3.05) is 24.5 Å². The van der Waals surface area contributed by atoms with Crippen LogP contribution < -0.4 is 10.2 Å². The SMILES string of the molecule is Cc1cc(N(CC2CC2)CC2CCCN2)cc([N+](=O)[O-])c1. The number of rotatable bonds is 6. The fraction of sp³-hybridized carbons (Fsp3) is 0.625. The molecular weight excluding hydrogens is 266 g/mol. The van der Waals surface area contributed by atoms with Crippen LogP contribution in [0.4, 0.5) is 11.4 Å². The van der Waals surface area contributed by atoms with Crippen molar-refractivity contribution >= 4 is 11.4 Å². The van der Waals surface area contributed by atoms with Crippen LogP contribution in [0.1, 0.15) is 31.2 Å². The normalized spacial score (nSPS) is 21.5. The number of anilines is 1. The van der Waals surface area contributed by atoms with Crippen LogP contribution in [0.25, 0.3) is 0 Å². The first-order valence-electron chi connectivity index (χ1n) is 7.86. The number of nitro benzene ring substituents is 1. The lowest BCUT2D eigenvalue weighted by atomic mass is 10.1. The molecule has 5 nitrogen and oxygen atoms in total. The zero-order chi connectivity index (χ0) is 14.8. The van der Waals surface area contributed by atoms with E-state index in [-0.39, 0.29) is 10.6 Å². The van der Waals surface area contributed by atoms with Gasteiger partial charge in [0.1, 0.15) is 0 Å². The van der Waals surface area contributed by atoms with Gasteiger partial charge in [0, 0.05) is 37.0 Å². The van der Waals surface area contributed by atoms with E-state index in [9.17, 15) is 10.1 Å². The zero-order valence-corrected chi connectivity index (χ0v) is 12.5. The molecule has 0 amide bonds. The summed E-state index contributed by atoms with van der Waals surface area (Å²) >= 11 is 0. The molecule has 1 aromatic rings. The minimum Gasteiger partial charge on any atom is -0.369 e. The third kappa shape index (κ3) is 3.73. The van der Waals surface area contributed by atoms with Gasteiger partial charge in [-0.3, -0.25) is 10.1 Å². The van der Waals surface area contributed by atoms with Gasteiger partial charge in [0.2, 0.25) is 0 Å². The lowest BCUT2D eigenvalue weighted by molar-refractivity contribution is -0.384. The van der Waals surface area contributed by atoms with Crippen LogP contribution in [0.15, 0.2) is 18.2 Å². The smallest absolute Gasteiger partial charge is 0.271 e. The molecule has 1 saturated heterocycles. The number of benzene rings is 1. The average molecular weight is 289 g/mol. The fourth-order valence-electron chi connectivity index (χ4n) is 3.11. The Hall–Kier alpha value is -1.62. The molecule has 2 aliphatic rings. The second-order valence-corrected chi connectivity index (χ2v) is 6.43. The highest BCUT2D eigenvalue weighted by atomic mass is 16.6. The monoisotopic (exact) mass is 289 g/mol. The Kier molecular flexibility index (Phi) is 4.10. The molecular formula is C16H23N3O2. The first-order chi connectivity index (χ1) is 10.1. The van der Waals surface area contributed by atoms with Gasteiger partial charge < -0.3 is 10.2 Å². The summed E-state index contributed by atoms with van der Waals surface area (Å²) in [5.41, 5.74) is 2.16. The molecule has 1 unspecified atom stereocenters. The van der Waals surface area contributed by atoms with Gasteiger partial charge in [0.15, 0.2) is 0 Å². The molecule has 0 spiro atoms. The maximum absolute atomic E-state index is 11.1. The van der Waals surface area contributed by atoms with E-state index < -0.39 is 0 Å². The summed E-state index contributed by atoms with van der Waals surface area (Å²) < 4.78 is 0. The first kappa shape index (κ1) is 14.3. The van der Waals surface area contributed by atoms with Crippen molar-refractivity contribution in [3.05, 3.63) is 33.9 Å².